The first kappa shape index (κ1) is 40.1. The Kier molecular flexibility index (Phi) is 21.1. The molecular formula is C27H57N5O11. The first-order valence-corrected chi connectivity index (χ1v) is 14.9. The van der Waals surface area contributed by atoms with E-state index in [9.17, 15) is 10.2 Å². The molecule has 7 unspecified atom stereocenters. The third-order valence-electron chi connectivity index (χ3n) is 7.43. The molecule has 0 amide bonds. The Morgan fingerprint density at radius 1 is 0.930 bits per heavy atom. The molecule has 3 fully saturated rings. The van der Waals surface area contributed by atoms with Gasteiger partial charge in [-0.15, -0.1) is 0 Å². The van der Waals surface area contributed by atoms with Crippen LogP contribution in [0.3, 0.4) is 0 Å². The molecule has 0 aromatic rings. The van der Waals surface area contributed by atoms with Crippen molar-refractivity contribution in [3.05, 3.63) is 12.2 Å². The van der Waals surface area contributed by atoms with E-state index in [0.717, 1.165) is 52.2 Å². The van der Waals surface area contributed by atoms with E-state index in [1.165, 1.54) is 0 Å². The zero-order valence-corrected chi connectivity index (χ0v) is 25.1. The maximum Gasteiger partial charge on any atom is 0.172 e. The summed E-state index contributed by atoms with van der Waals surface area (Å²) in [4.78, 5) is 0. The fraction of sp³-hybridized carbons (Fsp3) is 0.926. The van der Waals surface area contributed by atoms with E-state index in [4.69, 9.17) is 67.4 Å². The predicted octanol–water partition coefficient (Wildman–Crippen LogP) is -4.70. The number of hydrogen-bond donors (Lipinski definition) is 12. The highest BCUT2D eigenvalue weighted by atomic mass is 16.7. The van der Waals surface area contributed by atoms with Gasteiger partial charge in [0.15, 0.2) is 12.6 Å². The van der Waals surface area contributed by atoms with Crippen LogP contribution in [-0.2, 0) is 18.9 Å². The van der Waals surface area contributed by atoms with Gasteiger partial charge in [-0.05, 0) is 32.1 Å². The minimum Gasteiger partial charge on any atom is -0.400 e. The second kappa shape index (κ2) is 22.6. The average molecular weight is 628 g/mol. The number of ether oxygens (including phenoxy) is 4. The summed E-state index contributed by atoms with van der Waals surface area (Å²) in [6, 6.07) is -1.14. The fourth-order valence-corrected chi connectivity index (χ4v) is 5.07. The molecule has 0 bridgehead atoms. The van der Waals surface area contributed by atoms with Gasteiger partial charge >= 0.3 is 0 Å². The third kappa shape index (κ3) is 14.4. The van der Waals surface area contributed by atoms with Crippen molar-refractivity contribution in [3.63, 3.8) is 0 Å². The summed E-state index contributed by atoms with van der Waals surface area (Å²) in [5.41, 5.74) is 21.9. The molecule has 16 nitrogen and oxygen atoms in total. The monoisotopic (exact) mass is 627 g/mol. The molecule has 0 radical (unpaired) electrons. The summed E-state index contributed by atoms with van der Waals surface area (Å²) in [5.74, 6) is 0. The molecule has 256 valence electrons. The zero-order chi connectivity index (χ0) is 32.4. The Morgan fingerprint density at radius 2 is 1.63 bits per heavy atom. The van der Waals surface area contributed by atoms with Crippen molar-refractivity contribution >= 4 is 0 Å². The quantitative estimate of drug-likeness (QED) is 0.107. The Hall–Kier alpha value is -0.900. The average Bonchev–Trinajstić information content (AvgIpc) is 3.49. The van der Waals surface area contributed by atoms with E-state index in [2.05, 4.69) is 11.4 Å². The number of nitrogens with one attached hydrogen (secondary N) is 1. The summed E-state index contributed by atoms with van der Waals surface area (Å²) in [6.45, 7) is 1.30. The fourth-order valence-electron chi connectivity index (χ4n) is 5.07. The van der Waals surface area contributed by atoms with Crippen LogP contribution in [0.4, 0.5) is 0 Å². The molecule has 3 aliphatic heterocycles. The molecule has 1 aliphatic carbocycles. The number of nitrogens with two attached hydrogens (primary N) is 4. The lowest BCUT2D eigenvalue weighted by atomic mass is 9.88. The van der Waals surface area contributed by atoms with Crippen LogP contribution < -0.4 is 28.3 Å². The molecular weight excluding hydrogens is 570 g/mol. The molecule has 2 saturated heterocycles. The van der Waals surface area contributed by atoms with E-state index in [-0.39, 0.29) is 69.1 Å². The Bertz CT molecular complexity index is 722. The third-order valence-corrected chi connectivity index (χ3v) is 7.43. The topological polar surface area (TPSA) is 295 Å². The maximum absolute atomic E-state index is 9.28. The van der Waals surface area contributed by atoms with Crippen LogP contribution >= 0.6 is 0 Å². The van der Waals surface area contributed by atoms with Crippen LogP contribution in [0.25, 0.3) is 0 Å². The zero-order valence-electron chi connectivity index (χ0n) is 25.1. The van der Waals surface area contributed by atoms with Gasteiger partial charge < -0.3 is 82.9 Å². The SMILES string of the molecule is CO.NC1CC(NC(CO)CO)CC(OC2CCC(CO)O2)C1.NCC1C=CCCO1.NC[C@@H]1O[C@H](O)[C@H](N)C(O)[C@@H]1O. The van der Waals surface area contributed by atoms with E-state index in [1.807, 2.05) is 6.08 Å². The molecule has 11 atom stereocenters. The summed E-state index contributed by atoms with van der Waals surface area (Å²) in [5, 5.41) is 65.2. The van der Waals surface area contributed by atoms with Crippen molar-refractivity contribution in [2.45, 2.75) is 112 Å². The number of aliphatic hydroxyl groups is 7. The van der Waals surface area contributed by atoms with Crippen molar-refractivity contribution in [1.29, 1.82) is 0 Å². The number of aliphatic hydroxyl groups excluding tert-OH is 7. The van der Waals surface area contributed by atoms with Crippen molar-refractivity contribution < 1.29 is 54.7 Å². The first-order valence-electron chi connectivity index (χ1n) is 14.9. The van der Waals surface area contributed by atoms with Crippen LogP contribution in [-0.4, -0.2) is 156 Å². The van der Waals surface area contributed by atoms with Crippen LogP contribution in [0.1, 0.15) is 38.5 Å². The predicted molar refractivity (Wildman–Crippen MR) is 157 cm³/mol. The minimum atomic E-state index is -1.27. The van der Waals surface area contributed by atoms with Gasteiger partial charge in [0.25, 0.3) is 0 Å². The van der Waals surface area contributed by atoms with Crippen molar-refractivity contribution in [2.24, 2.45) is 22.9 Å². The van der Waals surface area contributed by atoms with Crippen LogP contribution in [0, 0.1) is 0 Å². The smallest absolute Gasteiger partial charge is 0.172 e. The van der Waals surface area contributed by atoms with Crippen molar-refractivity contribution in [2.75, 3.05) is 46.6 Å². The highest BCUT2D eigenvalue weighted by molar-refractivity contribution is 4.93. The molecule has 0 aromatic heterocycles. The Morgan fingerprint density at radius 3 is 2.14 bits per heavy atom. The number of hydrogen-bond acceptors (Lipinski definition) is 16. The van der Waals surface area contributed by atoms with Crippen LogP contribution in [0.15, 0.2) is 12.2 Å². The van der Waals surface area contributed by atoms with E-state index >= 15 is 0 Å². The van der Waals surface area contributed by atoms with Gasteiger partial charge in [0, 0.05) is 38.7 Å². The Balaban J connectivity index is 0.000000353. The van der Waals surface area contributed by atoms with Gasteiger partial charge in [-0.1, -0.05) is 12.2 Å². The van der Waals surface area contributed by atoms with Gasteiger partial charge in [-0.3, -0.25) is 0 Å². The summed E-state index contributed by atoms with van der Waals surface area (Å²) in [7, 11) is 1.00. The maximum atomic E-state index is 9.28. The largest absolute Gasteiger partial charge is 0.400 e. The lowest BCUT2D eigenvalue weighted by molar-refractivity contribution is -0.238. The normalized spacial score (nSPS) is 37.4. The summed E-state index contributed by atoms with van der Waals surface area (Å²) in [6.07, 6.45) is 4.63. The van der Waals surface area contributed by atoms with Gasteiger partial charge in [0.1, 0.15) is 18.3 Å². The minimum absolute atomic E-state index is 0.00623. The summed E-state index contributed by atoms with van der Waals surface area (Å²) < 4.78 is 21.6. The van der Waals surface area contributed by atoms with Crippen LogP contribution in [0.2, 0.25) is 0 Å². The molecule has 3 heterocycles. The summed E-state index contributed by atoms with van der Waals surface area (Å²) >= 11 is 0. The van der Waals surface area contributed by atoms with Gasteiger partial charge in [0.2, 0.25) is 0 Å². The van der Waals surface area contributed by atoms with E-state index in [0.29, 0.717) is 6.54 Å². The molecule has 1 saturated carbocycles. The van der Waals surface area contributed by atoms with Gasteiger partial charge in [-0.25, -0.2) is 0 Å². The molecule has 0 aromatic carbocycles. The van der Waals surface area contributed by atoms with Crippen molar-refractivity contribution in [3.8, 4) is 0 Å². The van der Waals surface area contributed by atoms with Gasteiger partial charge in [-0.2, -0.15) is 0 Å². The van der Waals surface area contributed by atoms with Gasteiger partial charge in [0.05, 0.1) is 56.8 Å². The Labute approximate surface area is 253 Å². The van der Waals surface area contributed by atoms with E-state index < -0.39 is 30.6 Å². The molecule has 16 N–H and O–H groups in total. The standard InChI is InChI=1S/C14H28N2O5.C6H14N2O4.C6H11NO.CH4O/c15-9-3-10(16-11(6-17)7-18)5-13(4-9)21-14-2-1-12(8-19)20-14;7-1-2-4(9)5(10)3(8)6(11)12-2;7-5-6-3-1-2-4-8-6;1-2/h9-14,16-19H,1-8,15H2;2-6,9-11H,1,7-8H2;1,3,6H,2,4-5,7H2;2H,1H3/t;2-,3+,4+,5?,6-;;/m.0../s1. The lowest BCUT2D eigenvalue weighted by Crippen LogP contribution is -2.62. The second-order valence-electron chi connectivity index (χ2n) is 10.8. The molecule has 0 spiro atoms. The number of rotatable bonds is 9. The second-order valence-corrected chi connectivity index (χ2v) is 10.8. The molecule has 16 heteroatoms. The van der Waals surface area contributed by atoms with Crippen LogP contribution in [0.5, 0.6) is 0 Å². The lowest BCUT2D eigenvalue weighted by Gasteiger charge is -2.38. The van der Waals surface area contributed by atoms with E-state index in [1.54, 1.807) is 0 Å². The molecule has 4 aliphatic rings. The first-order chi connectivity index (χ1) is 20.6. The molecule has 43 heavy (non-hydrogen) atoms. The van der Waals surface area contributed by atoms with Crippen molar-refractivity contribution in [1.82, 2.24) is 5.32 Å². The highest BCUT2D eigenvalue weighted by Gasteiger charge is 2.41. The molecule has 4 rings (SSSR count). The highest BCUT2D eigenvalue weighted by Crippen LogP contribution is 2.27.